The second-order valence-corrected chi connectivity index (χ2v) is 7.80. The van der Waals surface area contributed by atoms with Gasteiger partial charge >= 0.3 is 0 Å². The van der Waals surface area contributed by atoms with Gasteiger partial charge in [0.2, 0.25) is 6.79 Å². The van der Waals surface area contributed by atoms with Crippen LogP contribution in [0.15, 0.2) is 46.9 Å². The van der Waals surface area contributed by atoms with Gasteiger partial charge in [-0.1, -0.05) is 28.1 Å². The highest BCUT2D eigenvalue weighted by molar-refractivity contribution is 9.10. The Morgan fingerprint density at radius 2 is 1.69 bits per heavy atom. The zero-order chi connectivity index (χ0) is 22.3. The van der Waals surface area contributed by atoms with Crippen molar-refractivity contribution in [1.82, 2.24) is 0 Å². The van der Waals surface area contributed by atoms with Gasteiger partial charge in [-0.3, -0.25) is 0 Å². The summed E-state index contributed by atoms with van der Waals surface area (Å²) in [7, 11) is 0. The molecule has 0 amide bonds. The van der Waals surface area contributed by atoms with Gasteiger partial charge < -0.3 is 33.7 Å². The molecule has 4 rings (SSSR count). The number of hydrogen-bond donors (Lipinski definition) is 1. The van der Waals surface area contributed by atoms with Gasteiger partial charge in [-0.05, 0) is 49.6 Å². The van der Waals surface area contributed by atoms with Crippen molar-refractivity contribution in [3.8, 4) is 23.0 Å². The van der Waals surface area contributed by atoms with Crippen molar-refractivity contribution in [3.63, 3.8) is 0 Å². The van der Waals surface area contributed by atoms with Gasteiger partial charge in [0.05, 0.1) is 0 Å². The van der Waals surface area contributed by atoms with Gasteiger partial charge in [0.15, 0.2) is 36.6 Å². The summed E-state index contributed by atoms with van der Waals surface area (Å²) in [6.45, 7) is 5.99. The van der Waals surface area contributed by atoms with Gasteiger partial charge in [0, 0.05) is 40.9 Å². The molecule has 0 aliphatic carbocycles. The van der Waals surface area contributed by atoms with Crippen molar-refractivity contribution in [1.29, 1.82) is 0 Å². The fourth-order valence-corrected chi connectivity index (χ4v) is 3.85. The van der Waals surface area contributed by atoms with E-state index in [1.807, 2.05) is 50.2 Å². The van der Waals surface area contributed by atoms with E-state index in [-0.39, 0.29) is 20.4 Å². The Kier molecular flexibility index (Phi) is 7.57. The zero-order valence-corrected chi connectivity index (χ0v) is 19.7. The van der Waals surface area contributed by atoms with Crippen molar-refractivity contribution in [3.05, 3.63) is 52.5 Å². The van der Waals surface area contributed by atoms with Crippen LogP contribution in [0.25, 0.3) is 10.8 Å². The molecular formula is C24H26BrNO6. The molecule has 0 saturated heterocycles. The predicted molar refractivity (Wildman–Crippen MR) is 126 cm³/mol. The summed E-state index contributed by atoms with van der Waals surface area (Å²) in [5.74, 6) is 2.72. The third kappa shape index (κ3) is 5.03. The molecule has 7 nitrogen and oxygen atoms in total. The quantitative estimate of drug-likeness (QED) is 0.266. The van der Waals surface area contributed by atoms with Crippen LogP contribution in [-0.4, -0.2) is 33.6 Å². The Bertz CT molecular complexity index is 1070. The number of ether oxygens (including phenoxy) is 6. The number of halogens is 1. The molecule has 0 atom stereocenters. The number of hydrogen-bond acceptors (Lipinski definition) is 7. The van der Waals surface area contributed by atoms with E-state index in [9.17, 15) is 0 Å². The minimum atomic E-state index is 0.128. The first-order chi connectivity index (χ1) is 15.7. The average molecular weight is 504 g/mol. The van der Waals surface area contributed by atoms with Crippen molar-refractivity contribution in [2.24, 2.45) is 0 Å². The Balaban J connectivity index is 1.61. The lowest BCUT2D eigenvalue weighted by molar-refractivity contribution is 0.00560. The third-order valence-corrected chi connectivity index (χ3v) is 5.73. The molecule has 170 valence electrons. The first-order valence-electron chi connectivity index (χ1n) is 10.5. The molecule has 0 radical (unpaired) electrons. The van der Waals surface area contributed by atoms with E-state index in [1.165, 1.54) is 0 Å². The summed E-state index contributed by atoms with van der Waals surface area (Å²) >= 11 is 3.65. The first-order valence-corrected chi connectivity index (χ1v) is 11.3. The standard InChI is InChI=1S/C24H26BrNO6/c1-3-27-13-29-21-9-8-19(25)18(24(21)32-14-28-4-2)12-26-20-7-5-6-16-10-22-23(11-17(16)20)31-15-30-22/h5-11,26H,3-4,12-15H2,1-2H3. The van der Waals surface area contributed by atoms with E-state index >= 15 is 0 Å². The van der Waals surface area contributed by atoms with Crippen LogP contribution in [0.3, 0.4) is 0 Å². The maximum absolute atomic E-state index is 5.95. The fraction of sp³-hybridized carbons (Fsp3) is 0.333. The number of nitrogens with one attached hydrogen (secondary N) is 1. The van der Waals surface area contributed by atoms with Gasteiger partial charge in [-0.25, -0.2) is 0 Å². The molecule has 0 aromatic heterocycles. The minimum Gasteiger partial charge on any atom is -0.464 e. The SMILES string of the molecule is CCOCOc1ccc(Br)c(CNc2cccc3cc4c(cc23)OCO4)c1OCOCC. The highest BCUT2D eigenvalue weighted by Gasteiger charge is 2.18. The third-order valence-electron chi connectivity index (χ3n) is 4.99. The molecule has 0 bridgehead atoms. The largest absolute Gasteiger partial charge is 0.464 e. The molecule has 0 fully saturated rings. The lowest BCUT2D eigenvalue weighted by Gasteiger charge is -2.19. The number of anilines is 1. The molecule has 3 aromatic carbocycles. The van der Waals surface area contributed by atoms with Gasteiger partial charge in [0.25, 0.3) is 0 Å². The molecule has 0 spiro atoms. The van der Waals surface area contributed by atoms with Crippen LogP contribution in [0.1, 0.15) is 19.4 Å². The second-order valence-electron chi connectivity index (χ2n) is 6.95. The summed E-state index contributed by atoms with van der Waals surface area (Å²) in [6, 6.07) is 13.9. The summed E-state index contributed by atoms with van der Waals surface area (Å²) in [6.07, 6.45) is 0. The van der Waals surface area contributed by atoms with Crippen LogP contribution in [0, 0.1) is 0 Å². The summed E-state index contributed by atoms with van der Waals surface area (Å²) < 4.78 is 34.5. The van der Waals surface area contributed by atoms with Gasteiger partial charge in [-0.2, -0.15) is 0 Å². The minimum absolute atomic E-state index is 0.128. The highest BCUT2D eigenvalue weighted by atomic mass is 79.9. The molecule has 3 aromatic rings. The van der Waals surface area contributed by atoms with E-state index in [0.29, 0.717) is 31.3 Å². The second kappa shape index (κ2) is 10.8. The molecule has 1 heterocycles. The maximum Gasteiger partial charge on any atom is 0.231 e. The van der Waals surface area contributed by atoms with E-state index in [1.54, 1.807) is 0 Å². The highest BCUT2D eigenvalue weighted by Crippen LogP contribution is 2.40. The summed E-state index contributed by atoms with van der Waals surface area (Å²) in [5.41, 5.74) is 1.89. The Hall–Kier alpha value is -2.68. The van der Waals surface area contributed by atoms with E-state index in [0.717, 1.165) is 38.0 Å². The molecule has 0 unspecified atom stereocenters. The van der Waals surface area contributed by atoms with Crippen molar-refractivity contribution >= 4 is 32.4 Å². The van der Waals surface area contributed by atoms with Gasteiger partial charge in [-0.15, -0.1) is 0 Å². The molecule has 0 saturated carbocycles. The van der Waals surface area contributed by atoms with Crippen LogP contribution >= 0.6 is 15.9 Å². The molecule has 1 N–H and O–H groups in total. The van der Waals surface area contributed by atoms with Crippen LogP contribution in [0.2, 0.25) is 0 Å². The number of rotatable bonds is 11. The predicted octanol–water partition coefficient (Wildman–Crippen LogP) is 5.69. The Morgan fingerprint density at radius 1 is 0.938 bits per heavy atom. The van der Waals surface area contributed by atoms with E-state index in [2.05, 4.69) is 27.3 Å². The molecule has 1 aliphatic rings. The molecule has 1 aliphatic heterocycles. The maximum atomic E-state index is 5.95. The average Bonchev–Trinajstić information content (AvgIpc) is 3.26. The van der Waals surface area contributed by atoms with E-state index < -0.39 is 0 Å². The van der Waals surface area contributed by atoms with Crippen molar-refractivity contribution < 1.29 is 28.4 Å². The normalized spacial score (nSPS) is 12.2. The summed E-state index contributed by atoms with van der Waals surface area (Å²) in [4.78, 5) is 0. The lowest BCUT2D eigenvalue weighted by atomic mass is 10.1. The molecule has 8 heteroatoms. The van der Waals surface area contributed by atoms with Crippen LogP contribution in [-0.2, 0) is 16.0 Å². The summed E-state index contributed by atoms with van der Waals surface area (Å²) in [5, 5.41) is 5.65. The smallest absolute Gasteiger partial charge is 0.231 e. The molecular weight excluding hydrogens is 478 g/mol. The topological polar surface area (TPSA) is 67.4 Å². The van der Waals surface area contributed by atoms with Crippen LogP contribution in [0.5, 0.6) is 23.0 Å². The number of fused-ring (bicyclic) bond motifs is 2. The Morgan fingerprint density at radius 3 is 2.47 bits per heavy atom. The Labute approximate surface area is 195 Å². The molecule has 32 heavy (non-hydrogen) atoms. The monoisotopic (exact) mass is 503 g/mol. The van der Waals surface area contributed by atoms with Crippen LogP contribution in [0.4, 0.5) is 5.69 Å². The van der Waals surface area contributed by atoms with Crippen molar-refractivity contribution in [2.75, 3.05) is 38.9 Å². The van der Waals surface area contributed by atoms with E-state index in [4.69, 9.17) is 28.4 Å². The van der Waals surface area contributed by atoms with Gasteiger partial charge in [0.1, 0.15) is 0 Å². The van der Waals surface area contributed by atoms with Crippen LogP contribution < -0.4 is 24.3 Å². The zero-order valence-electron chi connectivity index (χ0n) is 18.1. The fourth-order valence-electron chi connectivity index (χ4n) is 3.40. The lowest BCUT2D eigenvalue weighted by Crippen LogP contribution is -2.10. The van der Waals surface area contributed by atoms with Crippen molar-refractivity contribution in [2.45, 2.75) is 20.4 Å². The number of benzene rings is 3. The first kappa shape index (κ1) is 22.5.